The van der Waals surface area contributed by atoms with Gasteiger partial charge in [0.15, 0.2) is 0 Å². The first-order chi connectivity index (χ1) is 9.74. The minimum Gasteiger partial charge on any atom is -0.368 e. The molecule has 0 aromatic heterocycles. The van der Waals surface area contributed by atoms with E-state index in [1.54, 1.807) is 6.92 Å². The van der Waals surface area contributed by atoms with Gasteiger partial charge in [-0.3, -0.25) is 4.79 Å². The van der Waals surface area contributed by atoms with E-state index in [1.165, 1.54) is 17.8 Å². The Morgan fingerprint density at radius 2 is 2.10 bits per heavy atom. The number of nitrogens with one attached hydrogen (secondary N) is 1. The fraction of sp³-hybridized carbons (Fsp3) is 0.533. The largest absolute Gasteiger partial charge is 0.368 e. The molecule has 0 aliphatic carbocycles. The van der Waals surface area contributed by atoms with E-state index in [2.05, 4.69) is 5.32 Å². The molecule has 0 radical (unpaired) electrons. The van der Waals surface area contributed by atoms with Crippen molar-refractivity contribution in [1.29, 1.82) is 0 Å². The number of amides is 1. The third-order valence-corrected chi connectivity index (χ3v) is 4.24. The number of carbonyl (C=O) groups excluding carboxylic acids is 1. The quantitative estimate of drug-likeness (QED) is 0.572. The molecule has 1 aromatic rings. The number of benzene rings is 1. The van der Waals surface area contributed by atoms with Gasteiger partial charge in [0.1, 0.15) is 11.6 Å². The summed E-state index contributed by atoms with van der Waals surface area (Å²) in [5.74, 6) is -0.705. The predicted octanol–water partition coefficient (Wildman–Crippen LogP) is 3.08. The first-order valence-corrected chi connectivity index (χ1v) is 7.88. The topological polar surface area (TPSA) is 55.1 Å². The Morgan fingerprint density at radius 1 is 1.43 bits per heavy atom. The summed E-state index contributed by atoms with van der Waals surface area (Å²) < 4.78 is 26.5. The van der Waals surface area contributed by atoms with Crippen molar-refractivity contribution in [2.45, 2.75) is 50.1 Å². The maximum Gasteiger partial charge on any atom is 0.237 e. The van der Waals surface area contributed by atoms with Crippen molar-refractivity contribution in [3.8, 4) is 0 Å². The molecule has 1 amide bonds. The van der Waals surface area contributed by atoms with Crippen molar-refractivity contribution >= 4 is 17.7 Å². The van der Waals surface area contributed by atoms with E-state index in [9.17, 15) is 13.6 Å². The fourth-order valence-corrected chi connectivity index (χ4v) is 3.01. The molecule has 0 aliphatic heterocycles. The molecule has 1 unspecified atom stereocenters. The number of primary amides is 1. The lowest BCUT2D eigenvalue weighted by molar-refractivity contribution is -0.124. The number of hydrogen-bond acceptors (Lipinski definition) is 3. The maximum absolute atomic E-state index is 13.5. The summed E-state index contributed by atoms with van der Waals surface area (Å²) in [6, 6.07) is 3.53. The van der Waals surface area contributed by atoms with Crippen LogP contribution in [0.2, 0.25) is 0 Å². The highest BCUT2D eigenvalue weighted by Gasteiger charge is 2.30. The van der Waals surface area contributed by atoms with Crippen molar-refractivity contribution < 1.29 is 13.6 Å². The fourth-order valence-electron chi connectivity index (χ4n) is 2.10. The first-order valence-electron chi connectivity index (χ1n) is 6.90. The normalized spacial score (nSPS) is 14.2. The smallest absolute Gasteiger partial charge is 0.237 e. The standard InChI is InChI=1S/C15H22F2N2OS/c1-10(2)19-15(3,14(18)20)7-4-8-21-13-9-11(16)5-6-12(13)17/h5-6,9-10,19H,4,7-8H2,1-3H3,(H2,18,20). The third kappa shape index (κ3) is 5.63. The summed E-state index contributed by atoms with van der Waals surface area (Å²) in [6.45, 7) is 5.65. The average Bonchev–Trinajstić information content (AvgIpc) is 2.37. The van der Waals surface area contributed by atoms with E-state index in [0.29, 0.717) is 18.6 Å². The zero-order chi connectivity index (χ0) is 16.0. The second-order valence-electron chi connectivity index (χ2n) is 5.52. The van der Waals surface area contributed by atoms with E-state index < -0.39 is 23.1 Å². The minimum atomic E-state index is -0.783. The van der Waals surface area contributed by atoms with Crippen molar-refractivity contribution in [2.24, 2.45) is 5.73 Å². The Kier molecular flexibility index (Phi) is 6.61. The molecule has 0 heterocycles. The van der Waals surface area contributed by atoms with Crippen LogP contribution in [0.4, 0.5) is 8.78 Å². The molecule has 1 atom stereocenters. The van der Waals surface area contributed by atoms with Crippen molar-refractivity contribution in [2.75, 3.05) is 5.75 Å². The van der Waals surface area contributed by atoms with Gasteiger partial charge in [-0.05, 0) is 57.6 Å². The van der Waals surface area contributed by atoms with Crippen molar-refractivity contribution in [3.05, 3.63) is 29.8 Å². The van der Waals surface area contributed by atoms with Crippen LogP contribution >= 0.6 is 11.8 Å². The first kappa shape index (κ1) is 17.9. The van der Waals surface area contributed by atoms with Crippen LogP contribution in [0.5, 0.6) is 0 Å². The van der Waals surface area contributed by atoms with Crippen LogP contribution in [-0.2, 0) is 4.79 Å². The SMILES string of the molecule is CC(C)NC(C)(CCCSc1cc(F)ccc1F)C(N)=O. The number of carbonyl (C=O) groups is 1. The highest BCUT2D eigenvalue weighted by atomic mass is 32.2. The monoisotopic (exact) mass is 316 g/mol. The van der Waals surface area contributed by atoms with E-state index in [-0.39, 0.29) is 10.9 Å². The van der Waals surface area contributed by atoms with E-state index in [1.807, 2.05) is 13.8 Å². The van der Waals surface area contributed by atoms with Gasteiger partial charge >= 0.3 is 0 Å². The van der Waals surface area contributed by atoms with E-state index >= 15 is 0 Å². The number of halogens is 2. The molecule has 3 nitrogen and oxygen atoms in total. The highest BCUT2D eigenvalue weighted by Crippen LogP contribution is 2.25. The minimum absolute atomic E-state index is 0.135. The van der Waals surface area contributed by atoms with Gasteiger partial charge in [-0.1, -0.05) is 0 Å². The van der Waals surface area contributed by atoms with Gasteiger partial charge in [0, 0.05) is 10.9 Å². The summed E-state index contributed by atoms with van der Waals surface area (Å²) in [6.07, 6.45) is 1.21. The summed E-state index contributed by atoms with van der Waals surface area (Å²) in [5.41, 5.74) is 4.66. The van der Waals surface area contributed by atoms with Crippen LogP contribution in [0.25, 0.3) is 0 Å². The van der Waals surface area contributed by atoms with E-state index in [0.717, 1.165) is 12.1 Å². The second-order valence-corrected chi connectivity index (χ2v) is 6.66. The lowest BCUT2D eigenvalue weighted by Crippen LogP contribution is -2.55. The molecule has 0 fully saturated rings. The molecule has 21 heavy (non-hydrogen) atoms. The predicted molar refractivity (Wildman–Crippen MR) is 82.2 cm³/mol. The van der Waals surface area contributed by atoms with Crippen molar-refractivity contribution in [1.82, 2.24) is 5.32 Å². The summed E-state index contributed by atoms with van der Waals surface area (Å²) in [4.78, 5) is 11.8. The van der Waals surface area contributed by atoms with Gasteiger partial charge in [-0.15, -0.1) is 11.8 Å². The van der Waals surface area contributed by atoms with Crippen LogP contribution < -0.4 is 11.1 Å². The molecule has 0 spiro atoms. The summed E-state index contributed by atoms with van der Waals surface area (Å²) >= 11 is 1.24. The molecule has 1 aromatic carbocycles. The zero-order valence-electron chi connectivity index (χ0n) is 12.6. The molecule has 0 saturated heterocycles. The molecule has 3 N–H and O–H groups in total. The van der Waals surface area contributed by atoms with Crippen LogP contribution in [0, 0.1) is 11.6 Å². The molecular weight excluding hydrogens is 294 g/mol. The Hall–Kier alpha value is -1.14. The van der Waals surface area contributed by atoms with Crippen LogP contribution in [-0.4, -0.2) is 23.2 Å². The third-order valence-electron chi connectivity index (χ3n) is 3.12. The van der Waals surface area contributed by atoms with Crippen LogP contribution in [0.1, 0.15) is 33.6 Å². The lowest BCUT2D eigenvalue weighted by Gasteiger charge is -2.29. The van der Waals surface area contributed by atoms with Gasteiger partial charge in [0.2, 0.25) is 5.91 Å². The van der Waals surface area contributed by atoms with Gasteiger partial charge in [0.25, 0.3) is 0 Å². The van der Waals surface area contributed by atoms with Gasteiger partial charge in [-0.2, -0.15) is 0 Å². The lowest BCUT2D eigenvalue weighted by atomic mass is 9.94. The Labute approximate surface area is 128 Å². The molecule has 0 saturated carbocycles. The number of hydrogen-bond donors (Lipinski definition) is 2. The molecule has 0 aliphatic rings. The van der Waals surface area contributed by atoms with E-state index in [4.69, 9.17) is 5.73 Å². The molecule has 6 heteroatoms. The average molecular weight is 316 g/mol. The molecular formula is C15H22F2N2OS. The summed E-state index contributed by atoms with van der Waals surface area (Å²) in [7, 11) is 0. The Bertz CT molecular complexity index is 497. The Balaban J connectivity index is 2.51. The van der Waals surface area contributed by atoms with Gasteiger partial charge in [-0.25, -0.2) is 8.78 Å². The highest BCUT2D eigenvalue weighted by molar-refractivity contribution is 7.99. The molecule has 0 bridgehead atoms. The summed E-state index contributed by atoms with van der Waals surface area (Å²) in [5, 5.41) is 3.16. The Morgan fingerprint density at radius 3 is 2.67 bits per heavy atom. The van der Waals surface area contributed by atoms with Crippen LogP contribution in [0.15, 0.2) is 23.1 Å². The van der Waals surface area contributed by atoms with Gasteiger partial charge < -0.3 is 11.1 Å². The van der Waals surface area contributed by atoms with Gasteiger partial charge in [0.05, 0.1) is 5.54 Å². The molecule has 1 rings (SSSR count). The maximum atomic E-state index is 13.5. The number of thioether (sulfide) groups is 1. The van der Waals surface area contributed by atoms with Crippen LogP contribution in [0.3, 0.4) is 0 Å². The molecule has 118 valence electrons. The number of rotatable bonds is 8. The van der Waals surface area contributed by atoms with Crippen molar-refractivity contribution in [3.63, 3.8) is 0 Å². The number of nitrogens with two attached hydrogens (primary N) is 1. The second kappa shape index (κ2) is 7.75. The zero-order valence-corrected chi connectivity index (χ0v) is 13.4.